The Kier molecular flexibility index (Phi) is 3.72. The summed E-state index contributed by atoms with van der Waals surface area (Å²) < 4.78 is 2.74. The van der Waals surface area contributed by atoms with Crippen LogP contribution in [-0.2, 0) is 6.42 Å². The second-order valence-electron chi connectivity index (χ2n) is 7.92. The van der Waals surface area contributed by atoms with Crippen molar-refractivity contribution in [3.63, 3.8) is 0 Å². The van der Waals surface area contributed by atoms with Gasteiger partial charge in [-0.1, -0.05) is 84.4 Å². The quantitative estimate of drug-likeness (QED) is 0.280. The minimum Gasteiger partial charge on any atom is -0.135 e. The lowest BCUT2D eigenvalue weighted by Crippen LogP contribution is -1.88. The number of rotatable bonds is 2. The maximum absolute atomic E-state index is 2.36. The predicted octanol–water partition coefficient (Wildman–Crippen LogP) is 8.26. The van der Waals surface area contributed by atoms with Crippen molar-refractivity contribution in [2.45, 2.75) is 13.3 Å². The number of fused-ring (bicyclic) bond motifs is 7. The van der Waals surface area contributed by atoms with Crippen molar-refractivity contribution in [1.82, 2.24) is 0 Å². The van der Waals surface area contributed by atoms with Crippen LogP contribution in [0.4, 0.5) is 0 Å². The van der Waals surface area contributed by atoms with E-state index in [0.29, 0.717) is 0 Å². The highest BCUT2D eigenvalue weighted by Crippen LogP contribution is 2.42. The molecule has 0 aliphatic heterocycles. The molecule has 6 aromatic rings. The molecule has 0 aliphatic carbocycles. The summed E-state index contributed by atoms with van der Waals surface area (Å²) in [5.41, 5.74) is 4.03. The van der Waals surface area contributed by atoms with Crippen LogP contribution in [0.3, 0.4) is 0 Å². The number of hydrogen-bond acceptors (Lipinski definition) is 1. The maximum Gasteiger partial charge on any atom is 0.0362 e. The summed E-state index contributed by atoms with van der Waals surface area (Å²) in [6.07, 6.45) is 0.974. The number of benzene rings is 5. The van der Waals surface area contributed by atoms with Gasteiger partial charge in [0.25, 0.3) is 0 Å². The van der Waals surface area contributed by atoms with E-state index in [4.69, 9.17) is 0 Å². The molecule has 0 saturated heterocycles. The van der Waals surface area contributed by atoms with Crippen LogP contribution >= 0.6 is 11.3 Å². The molecule has 1 heterocycles. The highest BCUT2D eigenvalue weighted by molar-refractivity contribution is 7.26. The van der Waals surface area contributed by atoms with Gasteiger partial charge in [0.15, 0.2) is 0 Å². The normalized spacial score (nSPS) is 11.8. The molecule has 0 aliphatic rings. The third kappa shape index (κ3) is 2.73. The van der Waals surface area contributed by atoms with Gasteiger partial charge >= 0.3 is 0 Å². The Hall–Kier alpha value is -3.16. The molecule has 0 fully saturated rings. The van der Waals surface area contributed by atoms with Gasteiger partial charge in [-0.05, 0) is 58.1 Å². The molecule has 0 atom stereocenters. The van der Waals surface area contributed by atoms with Crippen molar-refractivity contribution in [3.05, 3.63) is 108 Å². The van der Waals surface area contributed by atoms with Gasteiger partial charge in [-0.15, -0.1) is 11.3 Å². The van der Waals surface area contributed by atoms with Crippen LogP contribution in [0, 0.1) is 6.92 Å². The van der Waals surface area contributed by atoms with Crippen molar-refractivity contribution in [3.8, 4) is 0 Å². The molecule has 0 nitrogen and oxygen atoms in total. The molecular weight excluding hydrogens is 368 g/mol. The molecule has 0 spiro atoms. The van der Waals surface area contributed by atoms with Gasteiger partial charge in [-0.3, -0.25) is 0 Å². The minimum absolute atomic E-state index is 0.974. The van der Waals surface area contributed by atoms with Gasteiger partial charge in [0.1, 0.15) is 0 Å². The standard InChI is InChI=1S/C28H20S/c1-18-7-11-23-21(15-18)9-13-25-27(23)28-24-12-8-20(16-19-5-3-2-4-6-19)17-22(24)10-14-26(28)29-25/h2-15,17H,16H2,1H3. The average Bonchev–Trinajstić information content (AvgIpc) is 3.13. The molecule has 138 valence electrons. The first-order valence-electron chi connectivity index (χ1n) is 10.1. The fourth-order valence-corrected chi connectivity index (χ4v) is 5.67. The summed E-state index contributed by atoms with van der Waals surface area (Å²) in [4.78, 5) is 0. The predicted molar refractivity (Wildman–Crippen MR) is 128 cm³/mol. The van der Waals surface area contributed by atoms with Crippen LogP contribution in [0.1, 0.15) is 16.7 Å². The zero-order valence-electron chi connectivity index (χ0n) is 16.3. The van der Waals surface area contributed by atoms with Gasteiger partial charge in [-0.25, -0.2) is 0 Å². The van der Waals surface area contributed by atoms with Crippen LogP contribution < -0.4 is 0 Å². The first-order valence-corrected chi connectivity index (χ1v) is 10.9. The van der Waals surface area contributed by atoms with Gasteiger partial charge in [-0.2, -0.15) is 0 Å². The fourth-order valence-electron chi connectivity index (χ4n) is 4.53. The molecular formula is C28H20S. The number of hydrogen-bond donors (Lipinski definition) is 0. The smallest absolute Gasteiger partial charge is 0.0362 e. The fraction of sp³-hybridized carbons (Fsp3) is 0.0714. The molecule has 0 bridgehead atoms. The summed E-state index contributed by atoms with van der Waals surface area (Å²) >= 11 is 1.90. The van der Waals surface area contributed by atoms with Crippen LogP contribution in [-0.4, -0.2) is 0 Å². The van der Waals surface area contributed by atoms with Crippen molar-refractivity contribution in [2.75, 3.05) is 0 Å². The zero-order valence-corrected chi connectivity index (χ0v) is 17.1. The van der Waals surface area contributed by atoms with E-state index in [-0.39, 0.29) is 0 Å². The number of thiophene rings is 1. The lowest BCUT2D eigenvalue weighted by Gasteiger charge is -2.07. The van der Waals surface area contributed by atoms with Crippen LogP contribution in [0.25, 0.3) is 41.7 Å². The third-order valence-corrected chi connectivity index (χ3v) is 7.02. The molecule has 0 radical (unpaired) electrons. The van der Waals surface area contributed by atoms with Crippen molar-refractivity contribution in [1.29, 1.82) is 0 Å². The molecule has 0 unspecified atom stereocenters. The van der Waals surface area contributed by atoms with E-state index in [0.717, 1.165) is 6.42 Å². The van der Waals surface area contributed by atoms with E-state index in [9.17, 15) is 0 Å². The van der Waals surface area contributed by atoms with Crippen LogP contribution in [0.2, 0.25) is 0 Å². The van der Waals surface area contributed by atoms with E-state index in [1.165, 1.54) is 58.4 Å². The third-order valence-electron chi connectivity index (χ3n) is 5.90. The Bertz CT molecular complexity index is 1520. The number of aryl methyl sites for hydroxylation is 1. The van der Waals surface area contributed by atoms with E-state index in [1.54, 1.807) is 0 Å². The molecule has 0 saturated carbocycles. The highest BCUT2D eigenvalue weighted by atomic mass is 32.1. The Morgan fingerprint density at radius 2 is 1.24 bits per heavy atom. The Balaban J connectivity index is 1.62. The second kappa shape index (κ2) is 6.43. The van der Waals surface area contributed by atoms with E-state index in [2.05, 4.69) is 97.9 Å². The maximum atomic E-state index is 2.36. The zero-order chi connectivity index (χ0) is 19.4. The van der Waals surface area contributed by atoms with Crippen LogP contribution in [0.5, 0.6) is 0 Å². The van der Waals surface area contributed by atoms with Crippen LogP contribution in [0.15, 0.2) is 91.0 Å². The van der Waals surface area contributed by atoms with Crippen molar-refractivity contribution >= 4 is 53.1 Å². The topological polar surface area (TPSA) is 0 Å². The van der Waals surface area contributed by atoms with Gasteiger partial charge in [0.05, 0.1) is 0 Å². The molecule has 6 rings (SSSR count). The lowest BCUT2D eigenvalue weighted by molar-refractivity contribution is 1.20. The largest absolute Gasteiger partial charge is 0.135 e. The Morgan fingerprint density at radius 3 is 1.97 bits per heavy atom. The molecule has 29 heavy (non-hydrogen) atoms. The molecule has 5 aromatic carbocycles. The van der Waals surface area contributed by atoms with Gasteiger partial charge in [0.2, 0.25) is 0 Å². The van der Waals surface area contributed by atoms with E-state index in [1.807, 2.05) is 11.3 Å². The summed E-state index contributed by atoms with van der Waals surface area (Å²) in [5, 5.41) is 8.19. The van der Waals surface area contributed by atoms with Gasteiger partial charge < -0.3 is 0 Å². The molecule has 0 amide bonds. The summed E-state index contributed by atoms with van der Waals surface area (Å²) in [6.45, 7) is 2.17. The Labute approximate surface area is 174 Å². The van der Waals surface area contributed by atoms with Crippen molar-refractivity contribution in [2.24, 2.45) is 0 Å². The second-order valence-corrected chi connectivity index (χ2v) is 9.01. The molecule has 0 N–H and O–H groups in total. The lowest BCUT2D eigenvalue weighted by atomic mass is 9.96. The highest BCUT2D eigenvalue weighted by Gasteiger charge is 2.12. The minimum atomic E-state index is 0.974. The van der Waals surface area contributed by atoms with Crippen molar-refractivity contribution < 1.29 is 0 Å². The first kappa shape index (κ1) is 16.8. The summed E-state index contributed by atoms with van der Waals surface area (Å²) in [6, 6.07) is 33.7. The Morgan fingerprint density at radius 1 is 0.586 bits per heavy atom. The monoisotopic (exact) mass is 388 g/mol. The van der Waals surface area contributed by atoms with Gasteiger partial charge in [0, 0.05) is 20.2 Å². The summed E-state index contributed by atoms with van der Waals surface area (Å²) in [7, 11) is 0. The summed E-state index contributed by atoms with van der Waals surface area (Å²) in [5.74, 6) is 0. The first-order chi connectivity index (χ1) is 14.3. The van der Waals surface area contributed by atoms with E-state index < -0.39 is 0 Å². The van der Waals surface area contributed by atoms with E-state index >= 15 is 0 Å². The SMILES string of the molecule is Cc1ccc2c(ccc3sc4ccc5cc(Cc6ccccc6)ccc5c4c32)c1. The molecule has 1 aromatic heterocycles. The average molecular weight is 389 g/mol. The molecule has 1 heteroatoms.